The fourth-order valence-electron chi connectivity index (χ4n) is 2.58. The van der Waals surface area contributed by atoms with Crippen molar-refractivity contribution in [2.75, 3.05) is 13.1 Å². The topological polar surface area (TPSA) is 80.5 Å². The summed E-state index contributed by atoms with van der Waals surface area (Å²) in [6.45, 7) is 4.60. The number of rotatable bonds is 3. The second-order valence-corrected chi connectivity index (χ2v) is 7.02. The highest BCUT2D eigenvalue weighted by molar-refractivity contribution is 7.89. The second-order valence-electron chi connectivity index (χ2n) is 5.46. The third-order valence-electron chi connectivity index (χ3n) is 3.94. The second kappa shape index (κ2) is 5.73. The molecule has 0 bridgehead atoms. The lowest BCUT2D eigenvalue weighted by Crippen LogP contribution is -2.30. The molecule has 21 heavy (non-hydrogen) atoms. The first-order chi connectivity index (χ1) is 9.74. The van der Waals surface area contributed by atoms with Crippen LogP contribution in [0.15, 0.2) is 17.0 Å². The Balaban J connectivity index is 2.39. The SMILES string of the molecule is CCC1CCN(C(=O)c2cc(S(N)(=O)=O)cc(C)c2F)C1. The average molecular weight is 314 g/mol. The summed E-state index contributed by atoms with van der Waals surface area (Å²) < 4.78 is 37.0. The lowest BCUT2D eigenvalue weighted by Gasteiger charge is -2.18. The summed E-state index contributed by atoms with van der Waals surface area (Å²) in [6, 6.07) is 2.17. The van der Waals surface area contributed by atoms with Crippen LogP contribution in [-0.2, 0) is 10.0 Å². The van der Waals surface area contributed by atoms with Crippen LogP contribution in [0.3, 0.4) is 0 Å². The van der Waals surface area contributed by atoms with Gasteiger partial charge in [0.2, 0.25) is 10.0 Å². The van der Waals surface area contributed by atoms with Crippen molar-refractivity contribution in [3.63, 3.8) is 0 Å². The van der Waals surface area contributed by atoms with Gasteiger partial charge in [0.25, 0.3) is 5.91 Å². The van der Waals surface area contributed by atoms with Gasteiger partial charge in [-0.05, 0) is 37.0 Å². The molecule has 0 saturated carbocycles. The molecule has 0 aliphatic carbocycles. The van der Waals surface area contributed by atoms with Crippen LogP contribution >= 0.6 is 0 Å². The number of halogens is 1. The number of amides is 1. The fourth-order valence-corrected chi connectivity index (χ4v) is 3.20. The molecular formula is C14H19FN2O3S. The Morgan fingerprint density at radius 2 is 2.14 bits per heavy atom. The van der Waals surface area contributed by atoms with Gasteiger partial charge in [-0.3, -0.25) is 4.79 Å². The maximum Gasteiger partial charge on any atom is 0.256 e. The van der Waals surface area contributed by atoms with Gasteiger partial charge in [0, 0.05) is 13.1 Å². The number of hydrogen-bond acceptors (Lipinski definition) is 3. The van der Waals surface area contributed by atoms with Crippen molar-refractivity contribution in [2.24, 2.45) is 11.1 Å². The van der Waals surface area contributed by atoms with E-state index in [9.17, 15) is 17.6 Å². The lowest BCUT2D eigenvalue weighted by molar-refractivity contribution is 0.0781. The zero-order valence-electron chi connectivity index (χ0n) is 12.1. The molecule has 2 rings (SSSR count). The van der Waals surface area contributed by atoms with Gasteiger partial charge >= 0.3 is 0 Å². The van der Waals surface area contributed by atoms with Gasteiger partial charge in [-0.15, -0.1) is 0 Å². The zero-order valence-corrected chi connectivity index (χ0v) is 12.9. The summed E-state index contributed by atoms with van der Waals surface area (Å²) >= 11 is 0. The quantitative estimate of drug-likeness (QED) is 0.921. The number of primary sulfonamides is 1. The first-order valence-corrected chi connectivity index (χ1v) is 8.41. The Morgan fingerprint density at radius 1 is 1.48 bits per heavy atom. The van der Waals surface area contributed by atoms with Crippen LogP contribution in [0.4, 0.5) is 4.39 Å². The molecule has 1 amide bonds. The largest absolute Gasteiger partial charge is 0.338 e. The highest BCUT2D eigenvalue weighted by atomic mass is 32.2. The van der Waals surface area contributed by atoms with Crippen molar-refractivity contribution in [2.45, 2.75) is 31.6 Å². The van der Waals surface area contributed by atoms with Crippen molar-refractivity contribution < 1.29 is 17.6 Å². The molecule has 1 unspecified atom stereocenters. The molecule has 1 aromatic rings. The van der Waals surface area contributed by atoms with Gasteiger partial charge in [-0.2, -0.15) is 0 Å². The number of likely N-dealkylation sites (tertiary alicyclic amines) is 1. The number of carbonyl (C=O) groups is 1. The summed E-state index contributed by atoms with van der Waals surface area (Å²) in [5, 5.41) is 5.07. The Hall–Kier alpha value is -1.47. The Kier molecular flexibility index (Phi) is 4.34. The molecule has 5 nitrogen and oxygen atoms in total. The molecule has 0 spiro atoms. The van der Waals surface area contributed by atoms with E-state index in [1.54, 1.807) is 4.90 Å². The normalized spacial score (nSPS) is 19.0. The Labute approximate surface area is 124 Å². The summed E-state index contributed by atoms with van der Waals surface area (Å²) in [6.07, 6.45) is 1.85. The van der Waals surface area contributed by atoms with E-state index in [2.05, 4.69) is 0 Å². The molecular weight excluding hydrogens is 295 g/mol. The molecule has 1 fully saturated rings. The molecule has 0 radical (unpaired) electrons. The number of nitrogens with zero attached hydrogens (tertiary/aromatic N) is 1. The summed E-state index contributed by atoms with van der Waals surface area (Å²) in [7, 11) is -3.97. The minimum absolute atomic E-state index is 0.0936. The number of nitrogens with two attached hydrogens (primary N) is 1. The number of aryl methyl sites for hydroxylation is 1. The van der Waals surface area contributed by atoms with Gasteiger partial charge in [0.1, 0.15) is 5.82 Å². The van der Waals surface area contributed by atoms with Crippen molar-refractivity contribution in [3.8, 4) is 0 Å². The molecule has 2 N–H and O–H groups in total. The van der Waals surface area contributed by atoms with Crippen molar-refractivity contribution >= 4 is 15.9 Å². The fraction of sp³-hybridized carbons (Fsp3) is 0.500. The third-order valence-corrected chi connectivity index (χ3v) is 4.83. The van der Waals surface area contributed by atoms with E-state index in [1.165, 1.54) is 6.92 Å². The molecule has 1 saturated heterocycles. The van der Waals surface area contributed by atoms with Crippen LogP contribution in [0.5, 0.6) is 0 Å². The maximum atomic E-state index is 14.2. The van der Waals surface area contributed by atoms with Gasteiger partial charge in [0.15, 0.2) is 0 Å². The number of benzene rings is 1. The molecule has 1 atom stereocenters. The number of sulfonamides is 1. The summed E-state index contributed by atoms with van der Waals surface area (Å²) in [5.74, 6) is -0.746. The number of carbonyl (C=O) groups excluding carboxylic acids is 1. The predicted octanol–water partition coefficient (Wildman–Crippen LogP) is 1.65. The lowest BCUT2D eigenvalue weighted by atomic mass is 10.1. The van der Waals surface area contributed by atoms with Gasteiger partial charge in [-0.1, -0.05) is 13.3 Å². The zero-order chi connectivity index (χ0) is 15.8. The minimum Gasteiger partial charge on any atom is -0.338 e. The van der Waals surface area contributed by atoms with Crippen LogP contribution < -0.4 is 5.14 Å². The molecule has 116 valence electrons. The van der Waals surface area contributed by atoms with E-state index in [0.29, 0.717) is 19.0 Å². The van der Waals surface area contributed by atoms with Gasteiger partial charge in [0.05, 0.1) is 10.5 Å². The monoisotopic (exact) mass is 314 g/mol. The van der Waals surface area contributed by atoms with E-state index in [4.69, 9.17) is 5.14 Å². The van der Waals surface area contributed by atoms with Crippen LogP contribution in [0.25, 0.3) is 0 Å². The predicted molar refractivity (Wildman–Crippen MR) is 76.8 cm³/mol. The maximum absolute atomic E-state index is 14.2. The number of hydrogen-bond donors (Lipinski definition) is 1. The molecule has 1 aliphatic rings. The molecule has 1 aromatic carbocycles. The first-order valence-electron chi connectivity index (χ1n) is 6.86. The standard InChI is InChI=1S/C14H19FN2O3S/c1-3-10-4-5-17(8-10)14(18)12-7-11(21(16,19)20)6-9(2)13(12)15/h6-7,10H,3-5,8H2,1-2H3,(H2,16,19,20). The Bertz CT molecular complexity index is 673. The first kappa shape index (κ1) is 15.9. The van der Waals surface area contributed by atoms with E-state index in [-0.39, 0.29) is 16.0 Å². The highest BCUT2D eigenvalue weighted by Crippen LogP contribution is 2.24. The minimum atomic E-state index is -3.97. The van der Waals surface area contributed by atoms with Crippen molar-refractivity contribution in [1.29, 1.82) is 0 Å². The molecule has 7 heteroatoms. The van der Waals surface area contributed by atoms with Crippen molar-refractivity contribution in [3.05, 3.63) is 29.1 Å². The van der Waals surface area contributed by atoms with Crippen LogP contribution in [0.1, 0.15) is 35.7 Å². The van der Waals surface area contributed by atoms with Crippen LogP contribution in [-0.4, -0.2) is 32.3 Å². The van der Waals surface area contributed by atoms with E-state index in [1.807, 2.05) is 6.92 Å². The molecule has 1 aliphatic heterocycles. The molecule has 1 heterocycles. The van der Waals surface area contributed by atoms with E-state index >= 15 is 0 Å². The smallest absolute Gasteiger partial charge is 0.256 e. The van der Waals surface area contributed by atoms with Gasteiger partial charge < -0.3 is 4.90 Å². The average Bonchev–Trinajstić information content (AvgIpc) is 2.88. The van der Waals surface area contributed by atoms with Crippen molar-refractivity contribution in [1.82, 2.24) is 4.90 Å². The summed E-state index contributed by atoms with van der Waals surface area (Å²) in [4.78, 5) is 13.7. The molecule has 0 aromatic heterocycles. The van der Waals surface area contributed by atoms with E-state index < -0.39 is 21.7 Å². The van der Waals surface area contributed by atoms with E-state index in [0.717, 1.165) is 25.0 Å². The third kappa shape index (κ3) is 3.24. The Morgan fingerprint density at radius 3 is 2.67 bits per heavy atom. The van der Waals surface area contributed by atoms with Crippen LogP contribution in [0, 0.1) is 18.7 Å². The summed E-state index contributed by atoms with van der Waals surface area (Å²) in [5.41, 5.74) is -0.133. The van der Waals surface area contributed by atoms with Crippen LogP contribution in [0.2, 0.25) is 0 Å². The highest BCUT2D eigenvalue weighted by Gasteiger charge is 2.28. The van der Waals surface area contributed by atoms with Gasteiger partial charge in [-0.25, -0.2) is 17.9 Å².